The number of hydrogen-bond donors (Lipinski definition) is 1. The quantitative estimate of drug-likeness (QED) is 0.326. The van der Waals surface area contributed by atoms with Crippen LogP contribution in [0.4, 0.5) is 5.69 Å². The monoisotopic (exact) mass is 587 g/mol. The SMILES string of the molecule is CCCCNC(=O)C(CC)N(Cc1ccc(Cl)cc1Cl)C(=O)CN(c1ccc(OC)cc1OC)S(C)(=O)=O. The zero-order chi connectivity index (χ0) is 28.5. The van der Waals surface area contributed by atoms with Crippen LogP contribution in [-0.4, -0.2) is 64.7 Å². The fourth-order valence-corrected chi connectivity index (χ4v) is 5.17. The highest BCUT2D eigenvalue weighted by molar-refractivity contribution is 7.92. The van der Waals surface area contributed by atoms with E-state index in [0.29, 0.717) is 34.3 Å². The predicted octanol–water partition coefficient (Wildman–Crippen LogP) is 4.50. The van der Waals surface area contributed by atoms with Crippen molar-refractivity contribution in [2.45, 2.75) is 45.7 Å². The molecule has 210 valence electrons. The lowest BCUT2D eigenvalue weighted by Crippen LogP contribution is -2.52. The van der Waals surface area contributed by atoms with Gasteiger partial charge in [0.1, 0.15) is 24.1 Å². The molecule has 0 aliphatic heterocycles. The van der Waals surface area contributed by atoms with Gasteiger partial charge in [0, 0.05) is 29.2 Å². The van der Waals surface area contributed by atoms with E-state index in [1.807, 2.05) is 6.92 Å². The van der Waals surface area contributed by atoms with Crippen molar-refractivity contribution < 1.29 is 27.5 Å². The summed E-state index contributed by atoms with van der Waals surface area (Å²) < 4.78 is 37.3. The number of rotatable bonds is 14. The molecule has 0 saturated heterocycles. The molecule has 38 heavy (non-hydrogen) atoms. The van der Waals surface area contributed by atoms with Gasteiger partial charge in [-0.15, -0.1) is 0 Å². The number of carbonyl (C=O) groups is 2. The zero-order valence-corrected chi connectivity index (χ0v) is 24.6. The Labute approximate surface area is 235 Å². The van der Waals surface area contributed by atoms with E-state index in [2.05, 4.69) is 5.32 Å². The lowest BCUT2D eigenvalue weighted by atomic mass is 10.1. The average molecular weight is 589 g/mol. The minimum Gasteiger partial charge on any atom is -0.497 e. The molecule has 0 bridgehead atoms. The van der Waals surface area contributed by atoms with Crippen molar-refractivity contribution in [3.63, 3.8) is 0 Å². The van der Waals surface area contributed by atoms with E-state index >= 15 is 0 Å². The highest BCUT2D eigenvalue weighted by Crippen LogP contribution is 2.34. The minimum absolute atomic E-state index is 0.0219. The number of anilines is 1. The Balaban J connectivity index is 2.51. The van der Waals surface area contributed by atoms with Crippen molar-refractivity contribution in [3.05, 3.63) is 52.0 Å². The smallest absolute Gasteiger partial charge is 0.244 e. The number of unbranched alkanes of at least 4 members (excludes halogenated alkanes) is 1. The maximum Gasteiger partial charge on any atom is 0.244 e. The number of sulfonamides is 1. The first-order valence-electron chi connectivity index (χ1n) is 12.2. The Hall–Kier alpha value is -2.69. The van der Waals surface area contributed by atoms with Gasteiger partial charge in [-0.25, -0.2) is 8.42 Å². The zero-order valence-electron chi connectivity index (χ0n) is 22.3. The summed E-state index contributed by atoms with van der Waals surface area (Å²) in [6.07, 6.45) is 2.99. The largest absolute Gasteiger partial charge is 0.497 e. The van der Waals surface area contributed by atoms with E-state index in [0.717, 1.165) is 23.4 Å². The van der Waals surface area contributed by atoms with Crippen LogP contribution in [0.25, 0.3) is 0 Å². The van der Waals surface area contributed by atoms with Crippen molar-refractivity contribution in [3.8, 4) is 11.5 Å². The second-order valence-electron chi connectivity index (χ2n) is 8.63. The number of nitrogens with zero attached hydrogens (tertiary/aromatic N) is 2. The molecule has 0 aliphatic carbocycles. The van der Waals surface area contributed by atoms with Crippen LogP contribution in [0.1, 0.15) is 38.7 Å². The summed E-state index contributed by atoms with van der Waals surface area (Å²) >= 11 is 12.4. The van der Waals surface area contributed by atoms with Crippen LogP contribution < -0.4 is 19.1 Å². The Kier molecular flexibility index (Phi) is 12.0. The Bertz CT molecular complexity index is 1230. The third kappa shape index (κ3) is 8.41. The number of carbonyl (C=O) groups excluding carboxylic acids is 2. The fraction of sp³-hybridized carbons (Fsp3) is 0.462. The molecule has 0 heterocycles. The molecule has 1 unspecified atom stereocenters. The summed E-state index contributed by atoms with van der Waals surface area (Å²) in [6.45, 7) is 3.68. The summed E-state index contributed by atoms with van der Waals surface area (Å²) in [5.74, 6) is -0.248. The molecular formula is C26H35Cl2N3O6S. The first kappa shape index (κ1) is 31.5. The van der Waals surface area contributed by atoms with E-state index in [1.165, 1.54) is 31.3 Å². The van der Waals surface area contributed by atoms with Crippen molar-refractivity contribution in [1.82, 2.24) is 10.2 Å². The molecule has 2 aromatic carbocycles. The lowest BCUT2D eigenvalue weighted by Gasteiger charge is -2.33. The van der Waals surface area contributed by atoms with Crippen LogP contribution in [0.15, 0.2) is 36.4 Å². The van der Waals surface area contributed by atoms with E-state index < -0.39 is 28.5 Å². The van der Waals surface area contributed by atoms with Gasteiger partial charge in [-0.2, -0.15) is 0 Å². The molecule has 0 fully saturated rings. The van der Waals surface area contributed by atoms with Crippen molar-refractivity contribution in [2.24, 2.45) is 0 Å². The van der Waals surface area contributed by atoms with Gasteiger partial charge in [-0.05, 0) is 42.7 Å². The third-order valence-corrected chi connectivity index (χ3v) is 7.62. The second kappa shape index (κ2) is 14.5. The highest BCUT2D eigenvalue weighted by Gasteiger charge is 2.33. The lowest BCUT2D eigenvalue weighted by molar-refractivity contribution is -0.140. The first-order valence-corrected chi connectivity index (χ1v) is 14.8. The molecule has 2 rings (SSSR count). The molecule has 0 saturated carbocycles. The topological polar surface area (TPSA) is 105 Å². The molecule has 9 nitrogen and oxygen atoms in total. The van der Waals surface area contributed by atoms with Gasteiger partial charge in [-0.3, -0.25) is 13.9 Å². The molecule has 0 aliphatic rings. The van der Waals surface area contributed by atoms with E-state index in [1.54, 1.807) is 31.2 Å². The van der Waals surface area contributed by atoms with Crippen LogP contribution in [0.3, 0.4) is 0 Å². The van der Waals surface area contributed by atoms with Gasteiger partial charge in [0.25, 0.3) is 0 Å². The Morgan fingerprint density at radius 1 is 1.05 bits per heavy atom. The molecule has 1 atom stereocenters. The number of amides is 2. The summed E-state index contributed by atoms with van der Waals surface area (Å²) in [7, 11) is -1.07. The van der Waals surface area contributed by atoms with Crippen LogP contribution >= 0.6 is 23.2 Å². The van der Waals surface area contributed by atoms with Gasteiger partial charge in [0.2, 0.25) is 21.8 Å². The van der Waals surface area contributed by atoms with Crippen LogP contribution in [0.5, 0.6) is 11.5 Å². The maximum atomic E-state index is 13.8. The second-order valence-corrected chi connectivity index (χ2v) is 11.4. The number of ether oxygens (including phenoxy) is 2. The number of nitrogens with one attached hydrogen (secondary N) is 1. The molecule has 2 aromatic rings. The normalized spacial score (nSPS) is 12.0. The molecule has 1 N–H and O–H groups in total. The molecule has 2 amide bonds. The van der Waals surface area contributed by atoms with E-state index in [4.69, 9.17) is 32.7 Å². The van der Waals surface area contributed by atoms with Crippen molar-refractivity contribution >= 4 is 50.7 Å². The molecule has 12 heteroatoms. The Morgan fingerprint density at radius 2 is 1.76 bits per heavy atom. The number of benzene rings is 2. The third-order valence-electron chi connectivity index (χ3n) is 5.91. The van der Waals surface area contributed by atoms with Crippen LogP contribution in [-0.2, 0) is 26.2 Å². The Morgan fingerprint density at radius 3 is 2.32 bits per heavy atom. The van der Waals surface area contributed by atoms with Gasteiger partial charge in [0.15, 0.2) is 0 Å². The number of methoxy groups -OCH3 is 2. The summed E-state index contributed by atoms with van der Waals surface area (Å²) in [6, 6.07) is 8.60. The summed E-state index contributed by atoms with van der Waals surface area (Å²) in [5, 5.41) is 3.63. The summed E-state index contributed by atoms with van der Waals surface area (Å²) in [5.41, 5.74) is 0.728. The fourth-order valence-electron chi connectivity index (χ4n) is 3.84. The molecule has 0 spiro atoms. The van der Waals surface area contributed by atoms with Gasteiger partial charge in [-0.1, -0.05) is 49.5 Å². The van der Waals surface area contributed by atoms with Gasteiger partial charge < -0.3 is 19.7 Å². The van der Waals surface area contributed by atoms with Crippen molar-refractivity contribution in [1.29, 1.82) is 0 Å². The van der Waals surface area contributed by atoms with E-state index in [9.17, 15) is 18.0 Å². The maximum absolute atomic E-state index is 13.8. The standard InChI is InChI=1S/C26H35Cl2N3O6S/c1-6-8-13-29-26(33)22(7-2)30(16-18-9-10-19(27)14-21(18)28)25(32)17-31(38(5,34)35)23-12-11-20(36-3)15-24(23)37-4/h9-12,14-15,22H,6-8,13,16-17H2,1-5H3,(H,29,33). The van der Waals surface area contributed by atoms with Gasteiger partial charge >= 0.3 is 0 Å². The predicted molar refractivity (Wildman–Crippen MR) is 151 cm³/mol. The first-order chi connectivity index (χ1) is 18.0. The van der Waals surface area contributed by atoms with E-state index in [-0.39, 0.29) is 23.9 Å². The number of halogens is 2. The summed E-state index contributed by atoms with van der Waals surface area (Å²) in [4.78, 5) is 28.3. The highest BCUT2D eigenvalue weighted by atomic mass is 35.5. The number of hydrogen-bond acceptors (Lipinski definition) is 6. The molecule has 0 radical (unpaired) electrons. The minimum atomic E-state index is -3.93. The van der Waals surface area contributed by atoms with Crippen LogP contribution in [0.2, 0.25) is 10.0 Å². The molecule has 0 aromatic heterocycles. The average Bonchev–Trinajstić information content (AvgIpc) is 2.87. The molecular weight excluding hydrogens is 553 g/mol. The van der Waals surface area contributed by atoms with Crippen molar-refractivity contribution in [2.75, 3.05) is 37.9 Å². The van der Waals surface area contributed by atoms with Crippen LogP contribution in [0, 0.1) is 0 Å². The van der Waals surface area contributed by atoms with Gasteiger partial charge in [0.05, 0.1) is 26.2 Å².